The predicted molar refractivity (Wildman–Crippen MR) is 183 cm³/mol. The zero-order valence-electron chi connectivity index (χ0n) is 27.5. The minimum absolute atomic E-state index is 0.0299. The van der Waals surface area contributed by atoms with Gasteiger partial charge in [0.15, 0.2) is 5.65 Å². The molecule has 4 heterocycles. The van der Waals surface area contributed by atoms with Crippen LogP contribution in [0.5, 0.6) is 0 Å². The number of hydrogen-bond acceptors (Lipinski definition) is 7. The van der Waals surface area contributed by atoms with Gasteiger partial charge in [-0.2, -0.15) is 0 Å². The second kappa shape index (κ2) is 14.8. The summed E-state index contributed by atoms with van der Waals surface area (Å²) in [5, 5.41) is 0. The second-order valence-corrected chi connectivity index (χ2v) is 11.9. The van der Waals surface area contributed by atoms with Gasteiger partial charge in [-0.3, -0.25) is 28.4 Å². The van der Waals surface area contributed by atoms with Crippen molar-refractivity contribution in [3.05, 3.63) is 110 Å². The lowest BCUT2D eigenvalue weighted by molar-refractivity contribution is 0.0738. The molecule has 2 amide bonds. The number of halogens is 1. The number of anilines is 1. The molecule has 0 unspecified atom stereocenters. The van der Waals surface area contributed by atoms with E-state index in [4.69, 9.17) is 4.74 Å². The van der Waals surface area contributed by atoms with E-state index in [-0.39, 0.29) is 36.1 Å². The zero-order chi connectivity index (χ0) is 34.5. The lowest BCUT2D eigenvalue weighted by Crippen LogP contribution is -2.40. The number of carbonyl (C=O) groups excluding carboxylic acids is 2. The van der Waals surface area contributed by atoms with E-state index < -0.39 is 17.1 Å². The Bertz CT molecular complexity index is 2090. The standard InChI is InChI=1S/C36H38FN7O5/c1-3-17-43-32-30(35(47)44(36(43)48)20-7-22-49-2)39-31(40-32)26-12-15-29(38-23-26)42(33(45)25-10-13-27(37)14-11-25)19-6-18-41-21-16-24-8-4-5-9-28(24)34(41)46/h4-5,8-15,23H,3,6-7,16-22H2,1-2H3,(H,39,40). The van der Waals surface area contributed by atoms with Crippen LogP contribution in [0.3, 0.4) is 0 Å². The van der Waals surface area contributed by atoms with Crippen LogP contribution >= 0.6 is 0 Å². The number of pyridine rings is 1. The van der Waals surface area contributed by atoms with E-state index in [9.17, 15) is 23.6 Å². The number of rotatable bonds is 13. The second-order valence-electron chi connectivity index (χ2n) is 11.9. The van der Waals surface area contributed by atoms with Gasteiger partial charge in [-0.25, -0.2) is 19.2 Å². The maximum absolute atomic E-state index is 13.7. The van der Waals surface area contributed by atoms with Gasteiger partial charge in [-0.1, -0.05) is 25.1 Å². The first-order chi connectivity index (χ1) is 23.8. The highest BCUT2D eigenvalue weighted by Crippen LogP contribution is 2.23. The summed E-state index contributed by atoms with van der Waals surface area (Å²) >= 11 is 0. The van der Waals surface area contributed by atoms with Crippen molar-refractivity contribution in [1.82, 2.24) is 29.0 Å². The van der Waals surface area contributed by atoms with E-state index in [0.29, 0.717) is 73.8 Å². The van der Waals surface area contributed by atoms with Gasteiger partial charge in [0.2, 0.25) is 0 Å². The van der Waals surface area contributed by atoms with Crippen LogP contribution in [0.25, 0.3) is 22.6 Å². The quantitative estimate of drug-likeness (QED) is 0.185. The third-order valence-corrected chi connectivity index (χ3v) is 8.67. The van der Waals surface area contributed by atoms with Crippen molar-refractivity contribution >= 4 is 28.8 Å². The average Bonchev–Trinajstić information content (AvgIpc) is 3.57. The lowest BCUT2D eigenvalue weighted by Gasteiger charge is -2.29. The van der Waals surface area contributed by atoms with Crippen LogP contribution in [0.2, 0.25) is 0 Å². The number of hydrogen-bond donors (Lipinski definition) is 1. The summed E-state index contributed by atoms with van der Waals surface area (Å²) in [6, 6.07) is 16.3. The highest BCUT2D eigenvalue weighted by molar-refractivity contribution is 6.05. The molecule has 2 aromatic carbocycles. The number of carbonyl (C=O) groups is 2. The summed E-state index contributed by atoms with van der Waals surface area (Å²) in [6.45, 7) is 4.25. The van der Waals surface area contributed by atoms with Gasteiger partial charge in [0, 0.05) is 69.3 Å². The number of benzene rings is 2. The van der Waals surface area contributed by atoms with Crippen LogP contribution in [-0.2, 0) is 24.2 Å². The molecule has 49 heavy (non-hydrogen) atoms. The van der Waals surface area contributed by atoms with Crippen molar-refractivity contribution in [2.24, 2.45) is 0 Å². The summed E-state index contributed by atoms with van der Waals surface area (Å²) in [6.07, 6.45) is 3.97. The molecule has 0 saturated heterocycles. The topological polar surface area (TPSA) is 135 Å². The zero-order valence-corrected chi connectivity index (χ0v) is 27.5. The Morgan fingerprint density at radius 2 is 1.78 bits per heavy atom. The number of aromatic nitrogens is 5. The number of amides is 2. The van der Waals surface area contributed by atoms with E-state index in [1.165, 1.54) is 38.3 Å². The number of methoxy groups -OCH3 is 1. The van der Waals surface area contributed by atoms with Gasteiger partial charge in [-0.15, -0.1) is 0 Å². The molecule has 0 aliphatic carbocycles. The fourth-order valence-corrected chi connectivity index (χ4v) is 6.15. The SMILES string of the molecule is CCCn1c(=O)n(CCCOC)c(=O)c2[nH]c(-c3ccc(N(CCCN4CCc5ccccc5C4=O)C(=O)c4ccc(F)cc4)nc3)nc21. The van der Waals surface area contributed by atoms with Crippen LogP contribution in [0, 0.1) is 5.82 Å². The van der Waals surface area contributed by atoms with Crippen molar-refractivity contribution in [3.8, 4) is 11.4 Å². The van der Waals surface area contributed by atoms with Gasteiger partial charge >= 0.3 is 5.69 Å². The number of aryl methyl sites for hydroxylation is 1. The Kier molecular flexibility index (Phi) is 10.1. The van der Waals surface area contributed by atoms with Crippen molar-refractivity contribution in [2.45, 2.75) is 45.7 Å². The van der Waals surface area contributed by atoms with Crippen LogP contribution < -0.4 is 16.1 Å². The molecule has 0 spiro atoms. The van der Waals surface area contributed by atoms with Crippen LogP contribution in [0.4, 0.5) is 10.2 Å². The van der Waals surface area contributed by atoms with E-state index in [1.807, 2.05) is 31.2 Å². The maximum Gasteiger partial charge on any atom is 0.332 e. The van der Waals surface area contributed by atoms with Crippen molar-refractivity contribution in [2.75, 3.05) is 38.3 Å². The Morgan fingerprint density at radius 3 is 2.51 bits per heavy atom. The van der Waals surface area contributed by atoms with Crippen molar-refractivity contribution in [3.63, 3.8) is 0 Å². The van der Waals surface area contributed by atoms with E-state index in [1.54, 1.807) is 30.3 Å². The van der Waals surface area contributed by atoms with Gasteiger partial charge in [0.1, 0.15) is 23.0 Å². The van der Waals surface area contributed by atoms with Gasteiger partial charge in [-0.05, 0) is 73.7 Å². The Balaban J connectivity index is 1.27. The highest BCUT2D eigenvalue weighted by atomic mass is 19.1. The minimum Gasteiger partial charge on any atom is -0.385 e. The molecular formula is C36H38FN7O5. The molecule has 0 bridgehead atoms. The molecule has 0 fully saturated rings. The largest absolute Gasteiger partial charge is 0.385 e. The fourth-order valence-electron chi connectivity index (χ4n) is 6.15. The first kappa shape index (κ1) is 33.5. The third-order valence-electron chi connectivity index (χ3n) is 8.67. The van der Waals surface area contributed by atoms with Gasteiger partial charge in [0.25, 0.3) is 17.4 Å². The molecule has 0 atom stereocenters. The van der Waals surface area contributed by atoms with Gasteiger partial charge in [0.05, 0.1) is 0 Å². The number of nitrogens with one attached hydrogen (secondary N) is 1. The molecule has 1 N–H and O–H groups in total. The molecule has 6 rings (SSSR count). The monoisotopic (exact) mass is 667 g/mol. The summed E-state index contributed by atoms with van der Waals surface area (Å²) in [5.74, 6) is -0.140. The first-order valence-corrected chi connectivity index (χ1v) is 16.4. The Hall–Kier alpha value is -5.43. The van der Waals surface area contributed by atoms with E-state index in [0.717, 1.165) is 12.0 Å². The number of H-pyrrole nitrogens is 1. The smallest absolute Gasteiger partial charge is 0.332 e. The molecule has 1 aliphatic heterocycles. The van der Waals surface area contributed by atoms with E-state index >= 15 is 0 Å². The van der Waals surface area contributed by atoms with Crippen molar-refractivity contribution < 1.29 is 18.7 Å². The first-order valence-electron chi connectivity index (χ1n) is 16.4. The summed E-state index contributed by atoms with van der Waals surface area (Å²) in [4.78, 5) is 69.0. The summed E-state index contributed by atoms with van der Waals surface area (Å²) in [5.41, 5.74) is 2.18. The van der Waals surface area contributed by atoms with Crippen LogP contribution in [0.15, 0.2) is 76.4 Å². The molecule has 1 aliphatic rings. The fraction of sp³-hybridized carbons (Fsp3) is 0.333. The van der Waals surface area contributed by atoms with Crippen LogP contribution in [0.1, 0.15) is 52.5 Å². The molecule has 12 nitrogen and oxygen atoms in total. The number of ether oxygens (including phenoxy) is 1. The lowest BCUT2D eigenvalue weighted by atomic mass is 9.99. The van der Waals surface area contributed by atoms with Crippen molar-refractivity contribution in [1.29, 1.82) is 0 Å². The summed E-state index contributed by atoms with van der Waals surface area (Å²) < 4.78 is 21.5. The molecule has 13 heteroatoms. The number of nitrogens with zero attached hydrogens (tertiary/aromatic N) is 6. The number of imidazole rings is 1. The van der Waals surface area contributed by atoms with Crippen LogP contribution in [-0.4, -0.2) is 74.2 Å². The molecule has 254 valence electrons. The average molecular weight is 668 g/mol. The molecule has 0 saturated carbocycles. The Morgan fingerprint density at radius 1 is 0.980 bits per heavy atom. The van der Waals surface area contributed by atoms with Gasteiger partial charge < -0.3 is 14.6 Å². The highest BCUT2D eigenvalue weighted by Gasteiger charge is 2.25. The maximum atomic E-state index is 13.7. The third kappa shape index (κ3) is 6.93. The predicted octanol–water partition coefficient (Wildman–Crippen LogP) is 4.27. The normalized spacial score (nSPS) is 12.8. The minimum atomic E-state index is -0.460. The molecule has 0 radical (unpaired) electrons. The van der Waals surface area contributed by atoms with E-state index in [2.05, 4.69) is 15.0 Å². The number of aromatic amines is 1. The molecule has 5 aromatic rings. The Labute approximate surface area is 281 Å². The molecule has 3 aromatic heterocycles. The summed E-state index contributed by atoms with van der Waals surface area (Å²) in [7, 11) is 1.57. The number of fused-ring (bicyclic) bond motifs is 2. The molecular weight excluding hydrogens is 629 g/mol.